The number of methoxy groups -OCH3 is 1. The van der Waals surface area contributed by atoms with Crippen LogP contribution in [-0.4, -0.2) is 41.4 Å². The van der Waals surface area contributed by atoms with Gasteiger partial charge in [-0.15, -0.1) is 0 Å². The molecule has 0 spiro atoms. The summed E-state index contributed by atoms with van der Waals surface area (Å²) in [6, 6.07) is 2.01. The zero-order valence-electron chi connectivity index (χ0n) is 13.7. The predicted octanol–water partition coefficient (Wildman–Crippen LogP) is 2.26. The van der Waals surface area contributed by atoms with E-state index in [0.29, 0.717) is 18.9 Å². The monoisotopic (exact) mass is 296 g/mol. The molecule has 0 bridgehead atoms. The van der Waals surface area contributed by atoms with Crippen molar-refractivity contribution in [3.63, 3.8) is 0 Å². The standard InChI is InChI=1S/C15H28N4O2/c1-6-16-12-9-13(19-14(18-12)10-21-5)17-11(7-8-20)15(2,3)4/h9,11,20H,6-8,10H2,1-5H3,(H2,16,17,18,19). The van der Waals surface area contributed by atoms with Gasteiger partial charge in [0.25, 0.3) is 0 Å². The zero-order chi connectivity index (χ0) is 15.9. The van der Waals surface area contributed by atoms with E-state index in [1.165, 1.54) is 0 Å². The molecule has 1 rings (SSSR count). The van der Waals surface area contributed by atoms with Gasteiger partial charge in [0.15, 0.2) is 5.82 Å². The molecule has 0 aliphatic heterocycles. The van der Waals surface area contributed by atoms with Gasteiger partial charge >= 0.3 is 0 Å². The molecule has 0 aliphatic rings. The number of rotatable bonds is 8. The Morgan fingerprint density at radius 3 is 2.48 bits per heavy atom. The van der Waals surface area contributed by atoms with E-state index in [2.05, 4.69) is 41.4 Å². The highest BCUT2D eigenvalue weighted by Crippen LogP contribution is 2.25. The molecule has 1 aromatic heterocycles. The minimum atomic E-state index is 0.0213. The molecule has 1 atom stereocenters. The van der Waals surface area contributed by atoms with Crippen LogP contribution in [0.3, 0.4) is 0 Å². The first-order chi connectivity index (χ1) is 9.90. The van der Waals surface area contributed by atoms with Crippen LogP contribution in [0.5, 0.6) is 0 Å². The fraction of sp³-hybridized carbons (Fsp3) is 0.733. The molecule has 21 heavy (non-hydrogen) atoms. The van der Waals surface area contributed by atoms with Gasteiger partial charge in [-0.2, -0.15) is 0 Å². The van der Waals surface area contributed by atoms with Crippen LogP contribution in [0, 0.1) is 5.41 Å². The molecule has 6 heteroatoms. The maximum Gasteiger partial charge on any atom is 0.158 e. The number of hydrogen-bond acceptors (Lipinski definition) is 6. The quantitative estimate of drug-likeness (QED) is 0.683. The maximum absolute atomic E-state index is 9.25. The first-order valence-electron chi connectivity index (χ1n) is 7.38. The lowest BCUT2D eigenvalue weighted by atomic mass is 9.85. The van der Waals surface area contributed by atoms with Gasteiger partial charge < -0.3 is 20.5 Å². The van der Waals surface area contributed by atoms with Crippen molar-refractivity contribution in [1.29, 1.82) is 0 Å². The number of ether oxygens (including phenoxy) is 1. The maximum atomic E-state index is 9.25. The first-order valence-corrected chi connectivity index (χ1v) is 7.38. The van der Waals surface area contributed by atoms with Crippen LogP contribution >= 0.6 is 0 Å². The Kier molecular flexibility index (Phi) is 6.84. The highest BCUT2D eigenvalue weighted by Gasteiger charge is 2.24. The van der Waals surface area contributed by atoms with Crippen LogP contribution in [0.1, 0.15) is 39.9 Å². The summed E-state index contributed by atoms with van der Waals surface area (Å²) in [5, 5.41) is 15.9. The van der Waals surface area contributed by atoms with Crippen molar-refractivity contribution in [2.45, 2.75) is 46.8 Å². The lowest BCUT2D eigenvalue weighted by molar-refractivity contribution is 0.178. The number of nitrogens with one attached hydrogen (secondary N) is 2. The van der Waals surface area contributed by atoms with Crippen molar-refractivity contribution in [2.24, 2.45) is 5.41 Å². The molecule has 1 unspecified atom stereocenters. The van der Waals surface area contributed by atoms with Crippen LogP contribution in [0.2, 0.25) is 0 Å². The van der Waals surface area contributed by atoms with Gasteiger partial charge in [-0.05, 0) is 18.8 Å². The Labute approximate surface area is 127 Å². The average Bonchev–Trinajstić information content (AvgIpc) is 2.38. The third-order valence-corrected chi connectivity index (χ3v) is 3.19. The average molecular weight is 296 g/mol. The van der Waals surface area contributed by atoms with Crippen molar-refractivity contribution < 1.29 is 9.84 Å². The Bertz CT molecular complexity index is 408. The number of aliphatic hydroxyl groups is 1. The highest BCUT2D eigenvalue weighted by atomic mass is 16.5. The van der Waals surface area contributed by atoms with Crippen molar-refractivity contribution in [1.82, 2.24) is 9.97 Å². The Balaban J connectivity index is 2.98. The molecule has 3 N–H and O–H groups in total. The normalized spacial score (nSPS) is 13.0. The van der Waals surface area contributed by atoms with E-state index in [0.717, 1.165) is 18.2 Å². The van der Waals surface area contributed by atoms with E-state index in [4.69, 9.17) is 4.74 Å². The molecule has 120 valence electrons. The molecule has 0 saturated carbocycles. The van der Waals surface area contributed by atoms with Crippen LogP contribution < -0.4 is 10.6 Å². The van der Waals surface area contributed by atoms with Gasteiger partial charge in [0.1, 0.15) is 18.2 Å². The van der Waals surface area contributed by atoms with E-state index < -0.39 is 0 Å². The zero-order valence-corrected chi connectivity index (χ0v) is 13.7. The molecule has 0 aromatic carbocycles. The lowest BCUT2D eigenvalue weighted by Crippen LogP contribution is -2.35. The van der Waals surface area contributed by atoms with Crippen molar-refractivity contribution in [3.8, 4) is 0 Å². The summed E-state index contributed by atoms with van der Waals surface area (Å²) in [5.74, 6) is 2.16. The topological polar surface area (TPSA) is 79.3 Å². The van der Waals surface area contributed by atoms with Crippen LogP contribution in [-0.2, 0) is 11.3 Å². The second-order valence-electron chi connectivity index (χ2n) is 6.09. The number of hydrogen-bond donors (Lipinski definition) is 3. The fourth-order valence-electron chi connectivity index (χ4n) is 2.07. The van der Waals surface area contributed by atoms with Gasteiger partial charge in [-0.3, -0.25) is 0 Å². The number of anilines is 2. The molecule has 0 amide bonds. The first kappa shape index (κ1) is 17.7. The minimum Gasteiger partial charge on any atom is -0.396 e. The molecule has 6 nitrogen and oxygen atoms in total. The fourth-order valence-corrected chi connectivity index (χ4v) is 2.07. The summed E-state index contributed by atoms with van der Waals surface area (Å²) >= 11 is 0. The summed E-state index contributed by atoms with van der Waals surface area (Å²) < 4.78 is 5.12. The molecular weight excluding hydrogens is 268 g/mol. The van der Waals surface area contributed by atoms with E-state index in [9.17, 15) is 5.11 Å². The molecular formula is C15H28N4O2. The Morgan fingerprint density at radius 1 is 1.29 bits per heavy atom. The molecule has 0 saturated heterocycles. The van der Waals surface area contributed by atoms with Gasteiger partial charge in [-0.1, -0.05) is 20.8 Å². The van der Waals surface area contributed by atoms with Crippen molar-refractivity contribution in [2.75, 3.05) is 30.9 Å². The van der Waals surface area contributed by atoms with Crippen LogP contribution in [0.25, 0.3) is 0 Å². The van der Waals surface area contributed by atoms with E-state index >= 15 is 0 Å². The third-order valence-electron chi connectivity index (χ3n) is 3.19. The minimum absolute atomic E-state index is 0.0213. The molecule has 1 aromatic rings. The van der Waals surface area contributed by atoms with Gasteiger partial charge in [0.2, 0.25) is 0 Å². The Hall–Kier alpha value is -1.40. The second-order valence-corrected chi connectivity index (χ2v) is 6.09. The molecule has 0 radical (unpaired) electrons. The SMILES string of the molecule is CCNc1cc(NC(CCO)C(C)(C)C)nc(COC)n1. The van der Waals surface area contributed by atoms with Gasteiger partial charge in [0.05, 0.1) is 0 Å². The number of nitrogens with zero attached hydrogens (tertiary/aromatic N) is 2. The highest BCUT2D eigenvalue weighted by molar-refractivity contribution is 5.48. The van der Waals surface area contributed by atoms with E-state index in [-0.39, 0.29) is 18.1 Å². The molecule has 0 aliphatic carbocycles. The predicted molar refractivity (Wildman–Crippen MR) is 85.5 cm³/mol. The van der Waals surface area contributed by atoms with Crippen molar-refractivity contribution in [3.05, 3.63) is 11.9 Å². The van der Waals surface area contributed by atoms with Crippen LogP contribution in [0.15, 0.2) is 6.07 Å². The number of aromatic nitrogens is 2. The summed E-state index contributed by atoms with van der Waals surface area (Å²) in [7, 11) is 1.63. The third kappa shape index (κ3) is 5.85. The Morgan fingerprint density at radius 2 is 1.95 bits per heavy atom. The summed E-state index contributed by atoms with van der Waals surface area (Å²) in [4.78, 5) is 8.86. The molecule has 1 heterocycles. The second kappa shape index (κ2) is 8.14. The van der Waals surface area contributed by atoms with Crippen LogP contribution in [0.4, 0.5) is 11.6 Å². The van der Waals surface area contributed by atoms with Gasteiger partial charge in [0, 0.05) is 32.4 Å². The summed E-state index contributed by atoms with van der Waals surface area (Å²) in [6.07, 6.45) is 0.670. The lowest BCUT2D eigenvalue weighted by Gasteiger charge is -2.31. The summed E-state index contributed by atoms with van der Waals surface area (Å²) in [5.41, 5.74) is 0.0213. The van der Waals surface area contributed by atoms with Crippen molar-refractivity contribution >= 4 is 11.6 Å². The summed E-state index contributed by atoms with van der Waals surface area (Å²) in [6.45, 7) is 9.75. The van der Waals surface area contributed by atoms with E-state index in [1.807, 2.05) is 13.0 Å². The van der Waals surface area contributed by atoms with E-state index in [1.54, 1.807) is 7.11 Å². The molecule has 0 fully saturated rings. The smallest absolute Gasteiger partial charge is 0.158 e. The number of aliphatic hydroxyl groups excluding tert-OH is 1. The van der Waals surface area contributed by atoms with Gasteiger partial charge in [-0.25, -0.2) is 9.97 Å². The largest absolute Gasteiger partial charge is 0.396 e.